The van der Waals surface area contributed by atoms with Crippen molar-refractivity contribution >= 4 is 77.4 Å². The summed E-state index contributed by atoms with van der Waals surface area (Å²) in [6.07, 6.45) is 0. The number of nitrogens with zero attached hydrogens (tertiary/aromatic N) is 1. The highest BCUT2D eigenvalue weighted by Crippen LogP contribution is 2.57. The van der Waals surface area contributed by atoms with Crippen molar-refractivity contribution in [3.05, 3.63) is 247 Å². The van der Waals surface area contributed by atoms with Crippen molar-refractivity contribution in [1.29, 1.82) is 0 Å². The van der Waals surface area contributed by atoms with Gasteiger partial charge in [0.15, 0.2) is 8.07 Å². The van der Waals surface area contributed by atoms with Crippen LogP contribution in [0.15, 0.2) is 224 Å². The van der Waals surface area contributed by atoms with Gasteiger partial charge in [-0.25, -0.2) is 0 Å². The quantitative estimate of drug-likeness (QED) is 0.161. The Bertz CT molecular complexity index is 3120. The molecule has 0 saturated carbocycles. The molecular weight excluding hydrogens is 751 g/mol. The summed E-state index contributed by atoms with van der Waals surface area (Å²) in [6, 6.07) is 83.2. The second kappa shape index (κ2) is 13.3. The Kier molecular flexibility index (Phi) is 7.68. The molecule has 2 nitrogen and oxygen atoms in total. The van der Waals surface area contributed by atoms with E-state index in [1.165, 1.54) is 52.0 Å². The predicted molar refractivity (Wildman–Crippen MR) is 250 cm³/mol. The Labute approximate surface area is 348 Å². The van der Waals surface area contributed by atoms with Crippen molar-refractivity contribution in [3.63, 3.8) is 0 Å². The van der Waals surface area contributed by atoms with Gasteiger partial charge in [0.05, 0.1) is 5.41 Å². The third kappa shape index (κ3) is 4.85. The van der Waals surface area contributed by atoms with Gasteiger partial charge in [-0.15, -0.1) is 11.3 Å². The van der Waals surface area contributed by atoms with Crippen LogP contribution in [0.2, 0.25) is 0 Å². The van der Waals surface area contributed by atoms with E-state index in [1.807, 2.05) is 11.3 Å². The first-order chi connectivity index (χ1) is 29.3. The third-order valence-corrected chi connectivity index (χ3v) is 18.7. The lowest BCUT2D eigenvalue weighted by Gasteiger charge is -2.51. The summed E-state index contributed by atoms with van der Waals surface area (Å²) in [4.78, 5) is 2.41. The van der Waals surface area contributed by atoms with Crippen LogP contribution in [-0.2, 0) is 5.41 Å². The zero-order valence-electron chi connectivity index (χ0n) is 32.1. The molecule has 10 aromatic rings. The first kappa shape index (κ1) is 34.1. The molecule has 0 fully saturated rings. The predicted octanol–water partition coefficient (Wildman–Crippen LogP) is 11.7. The van der Waals surface area contributed by atoms with Gasteiger partial charge in [0.1, 0.15) is 11.5 Å². The van der Waals surface area contributed by atoms with E-state index in [4.69, 9.17) is 4.74 Å². The van der Waals surface area contributed by atoms with E-state index < -0.39 is 13.5 Å². The van der Waals surface area contributed by atoms with Crippen molar-refractivity contribution in [3.8, 4) is 11.5 Å². The van der Waals surface area contributed by atoms with E-state index in [0.29, 0.717) is 0 Å². The van der Waals surface area contributed by atoms with Crippen LogP contribution >= 0.6 is 11.3 Å². The molecule has 0 unspecified atom stereocenters. The Morgan fingerprint density at radius 1 is 0.373 bits per heavy atom. The van der Waals surface area contributed by atoms with E-state index in [0.717, 1.165) is 39.7 Å². The van der Waals surface area contributed by atoms with Gasteiger partial charge < -0.3 is 9.64 Å². The third-order valence-electron chi connectivity index (χ3n) is 12.7. The zero-order chi connectivity index (χ0) is 39.0. The number of rotatable bonds is 5. The van der Waals surface area contributed by atoms with Crippen molar-refractivity contribution in [2.24, 2.45) is 0 Å². The zero-order valence-corrected chi connectivity index (χ0v) is 33.9. The van der Waals surface area contributed by atoms with Crippen molar-refractivity contribution < 1.29 is 4.74 Å². The summed E-state index contributed by atoms with van der Waals surface area (Å²) in [5.74, 6) is 1.76. The number of fused-ring (bicyclic) bond motifs is 11. The second-order valence-corrected chi connectivity index (χ2v) is 20.4. The van der Waals surface area contributed by atoms with Crippen molar-refractivity contribution in [2.75, 3.05) is 4.90 Å². The van der Waals surface area contributed by atoms with Crippen LogP contribution in [0.25, 0.3) is 20.2 Å². The Balaban J connectivity index is 1.18. The molecule has 59 heavy (non-hydrogen) atoms. The highest BCUT2D eigenvalue weighted by atomic mass is 32.1. The second-order valence-electron chi connectivity index (χ2n) is 15.6. The molecule has 3 heterocycles. The summed E-state index contributed by atoms with van der Waals surface area (Å²) in [7, 11) is -2.86. The molecule has 9 aromatic carbocycles. The first-order valence-electron chi connectivity index (χ1n) is 20.3. The highest BCUT2D eigenvalue weighted by molar-refractivity contribution is 7.25. The minimum Gasteiger partial charge on any atom is -0.457 e. The summed E-state index contributed by atoms with van der Waals surface area (Å²) >= 11 is 1.85. The van der Waals surface area contributed by atoms with Crippen LogP contribution in [0.3, 0.4) is 0 Å². The lowest BCUT2D eigenvalue weighted by Crippen LogP contribution is -2.79. The molecule has 0 aliphatic carbocycles. The molecule has 0 amide bonds. The maximum atomic E-state index is 6.99. The Morgan fingerprint density at radius 3 is 1.58 bits per heavy atom. The maximum absolute atomic E-state index is 6.99. The van der Waals surface area contributed by atoms with Gasteiger partial charge in [0.25, 0.3) is 0 Å². The van der Waals surface area contributed by atoms with Crippen LogP contribution in [0.1, 0.15) is 22.3 Å². The van der Waals surface area contributed by atoms with Gasteiger partial charge in [0.2, 0.25) is 0 Å². The lowest BCUT2D eigenvalue weighted by atomic mass is 9.63. The van der Waals surface area contributed by atoms with Gasteiger partial charge in [-0.3, -0.25) is 0 Å². The molecule has 0 atom stereocenters. The molecule has 12 rings (SSSR count). The fourth-order valence-corrected chi connectivity index (χ4v) is 16.7. The fraction of sp³-hybridized carbons (Fsp3) is 0.0182. The number of para-hydroxylation sites is 2. The van der Waals surface area contributed by atoms with Gasteiger partial charge in [-0.2, -0.15) is 0 Å². The molecule has 1 spiro atoms. The summed E-state index contributed by atoms with van der Waals surface area (Å²) in [6.45, 7) is 0. The topological polar surface area (TPSA) is 12.5 Å². The molecule has 0 saturated heterocycles. The van der Waals surface area contributed by atoms with Crippen LogP contribution in [-0.4, -0.2) is 8.07 Å². The average Bonchev–Trinajstić information content (AvgIpc) is 3.68. The smallest absolute Gasteiger partial charge is 0.180 e. The number of benzene rings is 9. The number of hydrogen-bond acceptors (Lipinski definition) is 3. The van der Waals surface area contributed by atoms with Crippen LogP contribution in [0, 0.1) is 0 Å². The summed E-state index contributed by atoms with van der Waals surface area (Å²) in [5, 5.41) is 8.12. The van der Waals surface area contributed by atoms with Crippen LogP contribution < -0.4 is 30.4 Å². The highest BCUT2D eigenvalue weighted by Gasteiger charge is 2.57. The minimum atomic E-state index is -2.86. The molecular formula is C55H37NOSSi. The maximum Gasteiger partial charge on any atom is 0.180 e. The molecule has 0 bridgehead atoms. The van der Waals surface area contributed by atoms with Gasteiger partial charge >= 0.3 is 0 Å². The molecule has 0 N–H and O–H groups in total. The van der Waals surface area contributed by atoms with Crippen LogP contribution in [0.5, 0.6) is 11.5 Å². The molecule has 2 aliphatic rings. The monoisotopic (exact) mass is 787 g/mol. The Hall–Kier alpha value is -6.98. The number of anilines is 3. The standard InChI is InChI=1S/C55H37NOSSi/c1-4-18-38(19-5-1)56(39-33-35-52-44(36-39)43-24-10-15-29-51(43)58-52)40-32-34-50-48(37-40)55(45-25-11-14-28-49(45)57-50)46-26-12-16-30-53(46)59(41-20-6-2-7-21-41,42-22-8-3-9-23-42)54-31-17-13-27-47(54)55/h1-37H. The van der Waals surface area contributed by atoms with Crippen molar-refractivity contribution in [2.45, 2.75) is 5.41 Å². The van der Waals surface area contributed by atoms with Gasteiger partial charge in [-0.05, 0) is 92.5 Å². The van der Waals surface area contributed by atoms with E-state index in [-0.39, 0.29) is 0 Å². The Morgan fingerprint density at radius 2 is 0.881 bits per heavy atom. The van der Waals surface area contributed by atoms with Gasteiger partial charge in [0, 0.05) is 48.4 Å². The normalized spacial score (nSPS) is 14.2. The van der Waals surface area contributed by atoms with Crippen LogP contribution in [0.4, 0.5) is 17.1 Å². The van der Waals surface area contributed by atoms with Gasteiger partial charge in [-0.1, -0.05) is 164 Å². The number of ether oxygens (including phenoxy) is 1. The average molecular weight is 788 g/mol. The summed E-state index contributed by atoms with van der Waals surface area (Å²) < 4.78 is 9.58. The fourth-order valence-electron chi connectivity index (χ4n) is 10.4. The molecule has 4 heteroatoms. The van der Waals surface area contributed by atoms with E-state index in [9.17, 15) is 0 Å². The minimum absolute atomic E-state index is 0.677. The first-order valence-corrected chi connectivity index (χ1v) is 23.1. The largest absolute Gasteiger partial charge is 0.457 e. The summed E-state index contributed by atoms with van der Waals surface area (Å²) in [5.41, 5.74) is 7.53. The number of hydrogen-bond donors (Lipinski definition) is 0. The SMILES string of the molecule is c1ccc(N(c2ccc3c(c2)C2(c4ccccc4O3)c3ccccc3[Si](c3ccccc3)(c3ccccc3)c3ccccc32)c2ccc3sc4ccccc4c3c2)cc1. The number of thiophene rings is 1. The van der Waals surface area contributed by atoms with E-state index >= 15 is 0 Å². The van der Waals surface area contributed by atoms with E-state index in [2.05, 4.69) is 229 Å². The van der Waals surface area contributed by atoms with E-state index in [1.54, 1.807) is 0 Å². The molecule has 0 radical (unpaired) electrons. The molecule has 1 aromatic heterocycles. The van der Waals surface area contributed by atoms with Crippen molar-refractivity contribution in [1.82, 2.24) is 0 Å². The molecule has 2 aliphatic heterocycles. The lowest BCUT2D eigenvalue weighted by molar-refractivity contribution is 0.435. The molecule has 278 valence electrons.